The van der Waals surface area contributed by atoms with Gasteiger partial charge in [-0.1, -0.05) is 12.2 Å². The van der Waals surface area contributed by atoms with E-state index in [1.54, 1.807) is 31.7 Å². The number of ether oxygens (including phenoxy) is 3. The first-order chi connectivity index (χ1) is 16.0. The van der Waals surface area contributed by atoms with Crippen molar-refractivity contribution in [3.05, 3.63) is 53.6 Å². The second-order valence-electron chi connectivity index (χ2n) is 8.79. The Morgan fingerprint density at radius 1 is 0.970 bits per heavy atom. The van der Waals surface area contributed by atoms with Crippen molar-refractivity contribution >= 4 is 15.7 Å². The zero-order valence-electron chi connectivity index (χ0n) is 19.2. The summed E-state index contributed by atoms with van der Waals surface area (Å²) in [5.41, 5.74) is 3.04. The fraction of sp³-hybridized carbons (Fsp3) is 0.440. The number of sulfonamides is 1. The molecule has 7 nitrogen and oxygen atoms in total. The Morgan fingerprint density at radius 3 is 2.30 bits per heavy atom. The van der Waals surface area contributed by atoms with Crippen molar-refractivity contribution in [2.75, 3.05) is 39.7 Å². The van der Waals surface area contributed by atoms with E-state index in [-0.39, 0.29) is 17.9 Å². The third kappa shape index (κ3) is 3.65. The monoisotopic (exact) mass is 470 g/mol. The van der Waals surface area contributed by atoms with Gasteiger partial charge in [0.05, 0.1) is 32.3 Å². The van der Waals surface area contributed by atoms with Crippen LogP contribution in [0.2, 0.25) is 0 Å². The molecule has 0 amide bonds. The number of hydrogen-bond acceptors (Lipinski definition) is 6. The molecule has 1 saturated heterocycles. The normalized spacial score (nSPS) is 24.2. The summed E-state index contributed by atoms with van der Waals surface area (Å²) >= 11 is 0. The lowest BCUT2D eigenvalue weighted by Crippen LogP contribution is -2.31. The van der Waals surface area contributed by atoms with Gasteiger partial charge in [0, 0.05) is 24.7 Å². The third-order valence-corrected chi connectivity index (χ3v) is 8.98. The molecule has 3 atom stereocenters. The molecular weight excluding hydrogens is 440 g/mol. The zero-order chi connectivity index (χ0) is 23.2. The maximum atomic E-state index is 13.1. The van der Waals surface area contributed by atoms with Crippen LogP contribution in [0.1, 0.15) is 42.3 Å². The second-order valence-corrected chi connectivity index (χ2v) is 10.7. The van der Waals surface area contributed by atoms with Crippen molar-refractivity contribution < 1.29 is 22.6 Å². The fourth-order valence-corrected chi connectivity index (χ4v) is 6.97. The van der Waals surface area contributed by atoms with Crippen LogP contribution in [0, 0.1) is 5.92 Å². The van der Waals surface area contributed by atoms with Gasteiger partial charge in [-0.3, -0.25) is 0 Å². The van der Waals surface area contributed by atoms with E-state index in [1.807, 2.05) is 24.3 Å². The summed E-state index contributed by atoms with van der Waals surface area (Å²) in [7, 11) is 1.38. The van der Waals surface area contributed by atoms with Crippen molar-refractivity contribution in [1.29, 1.82) is 0 Å². The van der Waals surface area contributed by atoms with Gasteiger partial charge in [-0.25, -0.2) is 8.42 Å². The number of hydrogen-bond donors (Lipinski definition) is 1. The Labute approximate surface area is 195 Å². The van der Waals surface area contributed by atoms with Gasteiger partial charge in [0.2, 0.25) is 15.8 Å². The molecule has 8 heteroatoms. The molecule has 0 spiro atoms. The first-order valence-electron chi connectivity index (χ1n) is 11.3. The molecule has 2 aliphatic heterocycles. The minimum absolute atomic E-state index is 0.0206. The Balaban J connectivity index is 1.54. The van der Waals surface area contributed by atoms with E-state index in [4.69, 9.17) is 14.2 Å². The first-order valence-corrected chi connectivity index (χ1v) is 12.8. The molecule has 1 N–H and O–H groups in total. The van der Waals surface area contributed by atoms with Crippen molar-refractivity contribution in [3.8, 4) is 17.2 Å². The minimum Gasteiger partial charge on any atom is -0.493 e. The van der Waals surface area contributed by atoms with Crippen LogP contribution in [-0.2, 0) is 10.0 Å². The molecule has 2 heterocycles. The van der Waals surface area contributed by atoms with E-state index in [0.717, 1.165) is 36.1 Å². The van der Waals surface area contributed by atoms with E-state index in [2.05, 4.69) is 17.5 Å². The van der Waals surface area contributed by atoms with Crippen LogP contribution in [-0.4, -0.2) is 47.1 Å². The molecule has 176 valence electrons. The number of fused-ring (bicyclic) bond motifs is 3. The summed E-state index contributed by atoms with van der Waals surface area (Å²) < 4.78 is 44.5. The summed E-state index contributed by atoms with van der Waals surface area (Å²) in [6.07, 6.45) is 7.16. The number of nitrogens with zero attached hydrogens (tertiary/aromatic N) is 1. The van der Waals surface area contributed by atoms with Crippen molar-refractivity contribution in [2.45, 2.75) is 36.1 Å². The van der Waals surface area contributed by atoms with Crippen molar-refractivity contribution in [1.82, 2.24) is 4.31 Å². The van der Waals surface area contributed by atoms with Gasteiger partial charge in [0.1, 0.15) is 0 Å². The smallest absolute Gasteiger partial charge is 0.243 e. The van der Waals surface area contributed by atoms with E-state index < -0.39 is 10.0 Å². The number of allylic oxidation sites excluding steroid dienone is 2. The van der Waals surface area contributed by atoms with Gasteiger partial charge in [0.25, 0.3) is 0 Å². The van der Waals surface area contributed by atoms with Crippen LogP contribution >= 0.6 is 0 Å². The highest BCUT2D eigenvalue weighted by Gasteiger charge is 2.39. The Hall–Kier alpha value is -2.71. The van der Waals surface area contributed by atoms with Gasteiger partial charge >= 0.3 is 0 Å². The zero-order valence-corrected chi connectivity index (χ0v) is 20.0. The van der Waals surface area contributed by atoms with Crippen LogP contribution < -0.4 is 19.5 Å². The van der Waals surface area contributed by atoms with Gasteiger partial charge < -0.3 is 19.5 Å². The summed E-state index contributed by atoms with van der Waals surface area (Å²) in [4.78, 5) is 0.384. The topological polar surface area (TPSA) is 77.1 Å². The second kappa shape index (κ2) is 8.57. The van der Waals surface area contributed by atoms with Gasteiger partial charge in [0.15, 0.2) is 11.5 Å². The molecule has 0 saturated carbocycles. The quantitative estimate of drug-likeness (QED) is 0.634. The Bertz CT molecular complexity index is 1160. The van der Waals surface area contributed by atoms with Crippen LogP contribution in [0.3, 0.4) is 0 Å². The van der Waals surface area contributed by atoms with Crippen molar-refractivity contribution in [3.63, 3.8) is 0 Å². The predicted molar refractivity (Wildman–Crippen MR) is 127 cm³/mol. The lowest BCUT2D eigenvalue weighted by atomic mass is 9.77. The largest absolute Gasteiger partial charge is 0.493 e. The van der Waals surface area contributed by atoms with Crippen molar-refractivity contribution in [2.24, 2.45) is 5.92 Å². The minimum atomic E-state index is -3.46. The van der Waals surface area contributed by atoms with Gasteiger partial charge in [-0.05, 0) is 66.6 Å². The Morgan fingerprint density at radius 2 is 1.67 bits per heavy atom. The highest BCUT2D eigenvalue weighted by molar-refractivity contribution is 7.89. The molecule has 3 unspecified atom stereocenters. The molecule has 5 rings (SSSR count). The lowest BCUT2D eigenvalue weighted by molar-refractivity contribution is 0.322. The molecule has 0 aromatic heterocycles. The third-order valence-electron chi connectivity index (χ3n) is 7.08. The number of anilines is 1. The standard InChI is InChI=1S/C25H30N2O5S/c1-30-22-13-16(14-23(31-2)25(22)32-3)24-19-8-6-7-18(19)20-15-17(9-10-21(20)26-24)33(28,29)27-11-4-5-12-27/h6-7,9-10,13-15,18-19,24,26H,4-5,8,11-12H2,1-3H3. The number of benzene rings is 2. The predicted octanol–water partition coefficient (Wildman–Crippen LogP) is 4.32. The molecule has 33 heavy (non-hydrogen) atoms. The molecule has 1 aliphatic carbocycles. The number of rotatable bonds is 6. The van der Waals surface area contributed by atoms with Crippen LogP contribution in [0.15, 0.2) is 47.4 Å². The van der Waals surface area contributed by atoms with E-state index >= 15 is 0 Å². The number of methoxy groups -OCH3 is 3. The summed E-state index contributed by atoms with van der Waals surface area (Å²) in [5.74, 6) is 2.20. The fourth-order valence-electron chi connectivity index (χ4n) is 5.42. The van der Waals surface area contributed by atoms with Gasteiger partial charge in [-0.2, -0.15) is 4.31 Å². The highest BCUT2D eigenvalue weighted by atomic mass is 32.2. The molecular formula is C25H30N2O5S. The molecule has 0 bridgehead atoms. The van der Waals surface area contributed by atoms with E-state index in [1.165, 1.54) is 0 Å². The summed E-state index contributed by atoms with van der Waals surface area (Å²) in [5, 5.41) is 3.67. The van der Waals surface area contributed by atoms with Crippen LogP contribution in [0.25, 0.3) is 0 Å². The SMILES string of the molecule is COc1cc(C2Nc3ccc(S(=O)(=O)N4CCCC4)cc3C3C=CCC32)cc(OC)c1OC. The summed E-state index contributed by atoms with van der Waals surface area (Å²) in [6.45, 7) is 1.21. The van der Waals surface area contributed by atoms with Crippen LogP contribution in [0.5, 0.6) is 17.2 Å². The molecule has 2 aromatic carbocycles. The Kier molecular flexibility index (Phi) is 5.74. The average Bonchev–Trinajstić information content (AvgIpc) is 3.55. The summed E-state index contributed by atoms with van der Waals surface area (Å²) in [6, 6.07) is 9.51. The van der Waals surface area contributed by atoms with Gasteiger partial charge in [-0.15, -0.1) is 0 Å². The maximum Gasteiger partial charge on any atom is 0.243 e. The molecule has 1 fully saturated rings. The van der Waals surface area contributed by atoms with Crippen LogP contribution in [0.4, 0.5) is 5.69 Å². The highest BCUT2D eigenvalue weighted by Crippen LogP contribution is 2.52. The molecule has 2 aromatic rings. The lowest BCUT2D eigenvalue weighted by Gasteiger charge is -2.38. The van der Waals surface area contributed by atoms with E-state index in [9.17, 15) is 8.42 Å². The first kappa shape index (κ1) is 22.1. The average molecular weight is 471 g/mol. The molecule has 0 radical (unpaired) electrons. The number of nitrogens with one attached hydrogen (secondary N) is 1. The maximum absolute atomic E-state index is 13.1. The van der Waals surface area contributed by atoms with E-state index in [0.29, 0.717) is 35.2 Å². The molecule has 3 aliphatic rings.